The molecule has 0 saturated heterocycles. The first-order chi connectivity index (χ1) is 36.8. The van der Waals surface area contributed by atoms with E-state index in [2.05, 4.69) is 270 Å². The molecule has 9 aromatic rings. The fraction of sp³-hybridized carbons (Fsp3) is 0.342. The maximum atomic E-state index is 6.71. The molecule has 1 aromatic heterocycles. The third-order valence-corrected chi connectivity index (χ3v) is 19.1. The summed E-state index contributed by atoms with van der Waals surface area (Å²) in [4.78, 5) is 7.78. The van der Waals surface area contributed by atoms with E-state index in [9.17, 15) is 0 Å². The predicted octanol–water partition coefficient (Wildman–Crippen LogP) is 18.7. The normalized spacial score (nSPS) is 17.6. The molecule has 13 rings (SSSR count). The van der Waals surface area contributed by atoms with Crippen LogP contribution in [0.25, 0.3) is 21.9 Å². The van der Waals surface area contributed by atoms with Gasteiger partial charge in [-0.05, 0) is 205 Å². The van der Waals surface area contributed by atoms with Crippen LogP contribution in [0.1, 0.15) is 162 Å². The smallest absolute Gasteiger partial charge is 0.252 e. The van der Waals surface area contributed by atoms with Crippen molar-refractivity contribution in [1.82, 2.24) is 0 Å². The van der Waals surface area contributed by atoms with E-state index < -0.39 is 0 Å². The van der Waals surface area contributed by atoms with Crippen LogP contribution in [0.2, 0.25) is 0 Å². The summed E-state index contributed by atoms with van der Waals surface area (Å²) < 4.78 is 6.71. The Bertz CT molecular complexity index is 3850. The topological polar surface area (TPSA) is 22.9 Å². The number of rotatable bonds is 5. The Labute approximate surface area is 465 Å². The summed E-state index contributed by atoms with van der Waals surface area (Å²) in [6, 6.07) is 59.1. The number of nitrogens with zero attached hydrogens (tertiary/aromatic N) is 3. The minimum Gasteiger partial charge on any atom is -0.456 e. The van der Waals surface area contributed by atoms with Gasteiger partial charge in [0, 0.05) is 50.9 Å². The maximum absolute atomic E-state index is 6.71. The summed E-state index contributed by atoms with van der Waals surface area (Å²) >= 11 is 0. The quantitative estimate of drug-likeness (QED) is 0.160. The van der Waals surface area contributed by atoms with Crippen molar-refractivity contribution in [3.63, 3.8) is 0 Å². The molecule has 394 valence electrons. The summed E-state index contributed by atoms with van der Waals surface area (Å²) in [6.07, 6.45) is 4.60. The minimum atomic E-state index is -0.0489. The summed E-state index contributed by atoms with van der Waals surface area (Å²) in [5.41, 5.74) is 26.4. The van der Waals surface area contributed by atoms with Crippen LogP contribution < -0.4 is 31.1 Å². The van der Waals surface area contributed by atoms with Gasteiger partial charge in [0.05, 0.1) is 11.1 Å². The molecular weight excluding hydrogens is 946 g/mol. The van der Waals surface area contributed by atoms with Gasteiger partial charge in [0.15, 0.2) is 0 Å². The molecule has 0 spiro atoms. The Hall–Kier alpha value is -6.98. The number of hydrogen-bond acceptors (Lipinski definition) is 4. The van der Waals surface area contributed by atoms with E-state index in [0.717, 1.165) is 64.0 Å². The number of hydrogen-bond donors (Lipinski definition) is 0. The van der Waals surface area contributed by atoms with Crippen LogP contribution in [0.15, 0.2) is 156 Å². The van der Waals surface area contributed by atoms with E-state index in [1.807, 2.05) is 0 Å². The Morgan fingerprint density at radius 3 is 1.55 bits per heavy atom. The largest absolute Gasteiger partial charge is 0.456 e. The van der Waals surface area contributed by atoms with Crippen molar-refractivity contribution in [3.8, 4) is 0 Å². The van der Waals surface area contributed by atoms with E-state index >= 15 is 0 Å². The SMILES string of the molecule is Cc1cc2c3c(c1)N(c1cccc4oc5ccccc5c14)c1cc4c(cc1B3c1ccc(N(c3ccc(C(C)(C)C)cc3)c3ccc(C(C)(C)C)cc3)cc1N2c1ccc2c(c1)C(C)(C)CCC2(C)C)C(C)(C)CCC4(C)C. The number of benzene rings is 8. The highest BCUT2D eigenvalue weighted by Crippen LogP contribution is 2.54. The molecular formula is C73H78BN3O. The van der Waals surface area contributed by atoms with Crippen LogP contribution in [0.3, 0.4) is 0 Å². The van der Waals surface area contributed by atoms with Crippen molar-refractivity contribution in [1.29, 1.82) is 0 Å². The predicted molar refractivity (Wildman–Crippen MR) is 335 cm³/mol. The molecule has 2 aliphatic carbocycles. The van der Waals surface area contributed by atoms with Crippen molar-refractivity contribution in [2.24, 2.45) is 0 Å². The average molecular weight is 1020 g/mol. The second-order valence-electron chi connectivity index (χ2n) is 28.5. The number of anilines is 9. The number of fused-ring (bicyclic) bond motifs is 9. The molecule has 0 bridgehead atoms. The van der Waals surface area contributed by atoms with Crippen LogP contribution in [-0.4, -0.2) is 6.71 Å². The molecule has 0 unspecified atom stereocenters. The average Bonchev–Trinajstić information content (AvgIpc) is 3.93. The van der Waals surface area contributed by atoms with Crippen LogP contribution in [0.5, 0.6) is 0 Å². The fourth-order valence-corrected chi connectivity index (χ4v) is 14.2. The number of aryl methyl sites for hydroxylation is 1. The standard InChI is InChI=1S/C73H78BN3O/c1-45-39-62-67-63(40-45)77(59-20-18-22-65-66(59)52-19-16-17-21-64(52)78-65)61-44-56-55(72(12,13)37-38-73(56,14)15)43-58(61)74(67)57-34-32-51(42-60(57)76(62)50-31-33-53-54(41-50)71(10,11)36-35-70(53,8)9)75(48-27-23-46(24-28-48)68(2,3)4)49-29-25-47(26-30-49)69(5,6)7/h16-34,39-44H,35-38H2,1-15H3. The molecule has 0 radical (unpaired) electrons. The zero-order valence-electron chi connectivity index (χ0n) is 49.1. The van der Waals surface area contributed by atoms with E-state index in [1.54, 1.807) is 0 Å². The van der Waals surface area contributed by atoms with Gasteiger partial charge >= 0.3 is 0 Å². The molecule has 0 saturated carbocycles. The van der Waals surface area contributed by atoms with Crippen LogP contribution in [0, 0.1) is 6.92 Å². The van der Waals surface area contributed by atoms with Gasteiger partial charge < -0.3 is 19.1 Å². The van der Waals surface area contributed by atoms with Crippen molar-refractivity contribution >= 4 is 96.2 Å². The zero-order valence-corrected chi connectivity index (χ0v) is 49.1. The molecule has 0 N–H and O–H groups in total. The molecule has 3 heterocycles. The monoisotopic (exact) mass is 1020 g/mol. The fourth-order valence-electron chi connectivity index (χ4n) is 14.2. The van der Waals surface area contributed by atoms with E-state index in [1.165, 1.54) is 90.2 Å². The first-order valence-corrected chi connectivity index (χ1v) is 29.0. The first-order valence-electron chi connectivity index (χ1n) is 29.0. The van der Waals surface area contributed by atoms with Gasteiger partial charge in [-0.15, -0.1) is 0 Å². The minimum absolute atomic E-state index is 0.00251. The number of para-hydroxylation sites is 1. The van der Waals surface area contributed by atoms with E-state index in [4.69, 9.17) is 4.42 Å². The molecule has 0 fully saturated rings. The third-order valence-electron chi connectivity index (χ3n) is 19.1. The highest BCUT2D eigenvalue weighted by atomic mass is 16.3. The summed E-state index contributed by atoms with van der Waals surface area (Å²) in [5.74, 6) is 0. The lowest BCUT2D eigenvalue weighted by molar-refractivity contribution is 0.332. The summed E-state index contributed by atoms with van der Waals surface area (Å²) in [7, 11) is 0. The van der Waals surface area contributed by atoms with Gasteiger partial charge in [-0.2, -0.15) is 0 Å². The molecule has 4 nitrogen and oxygen atoms in total. The molecule has 0 amide bonds. The van der Waals surface area contributed by atoms with Gasteiger partial charge in [-0.1, -0.05) is 164 Å². The lowest BCUT2D eigenvalue weighted by atomic mass is 9.33. The third kappa shape index (κ3) is 7.83. The van der Waals surface area contributed by atoms with Crippen molar-refractivity contribution in [2.45, 2.75) is 162 Å². The zero-order chi connectivity index (χ0) is 54.8. The number of furan rings is 1. The van der Waals surface area contributed by atoms with Gasteiger partial charge in [-0.25, -0.2) is 0 Å². The van der Waals surface area contributed by atoms with Crippen molar-refractivity contribution in [3.05, 3.63) is 191 Å². The van der Waals surface area contributed by atoms with E-state index in [-0.39, 0.29) is 39.2 Å². The molecule has 0 atom stereocenters. The summed E-state index contributed by atoms with van der Waals surface area (Å²) in [6.45, 7) is 35.8. The van der Waals surface area contributed by atoms with Crippen molar-refractivity contribution < 1.29 is 4.42 Å². The Balaban J connectivity index is 1.13. The molecule has 2 aliphatic heterocycles. The highest BCUT2D eigenvalue weighted by molar-refractivity contribution is 7.00. The highest BCUT2D eigenvalue weighted by Gasteiger charge is 2.48. The Morgan fingerprint density at radius 1 is 0.436 bits per heavy atom. The molecule has 78 heavy (non-hydrogen) atoms. The second-order valence-corrected chi connectivity index (χ2v) is 28.5. The lowest BCUT2D eigenvalue weighted by Gasteiger charge is -2.48. The molecule has 5 heteroatoms. The molecule has 8 aromatic carbocycles. The Kier molecular flexibility index (Phi) is 11.0. The first kappa shape index (κ1) is 50.5. The van der Waals surface area contributed by atoms with Gasteiger partial charge in [0.2, 0.25) is 0 Å². The van der Waals surface area contributed by atoms with Crippen LogP contribution in [-0.2, 0) is 32.5 Å². The van der Waals surface area contributed by atoms with Crippen molar-refractivity contribution in [2.75, 3.05) is 14.7 Å². The van der Waals surface area contributed by atoms with Gasteiger partial charge in [0.1, 0.15) is 11.2 Å². The molecule has 4 aliphatic rings. The lowest BCUT2D eigenvalue weighted by Crippen LogP contribution is -2.62. The summed E-state index contributed by atoms with van der Waals surface area (Å²) in [5, 5.41) is 2.28. The Morgan fingerprint density at radius 2 is 0.949 bits per heavy atom. The second kappa shape index (κ2) is 17.0. The van der Waals surface area contributed by atoms with Crippen LogP contribution >= 0.6 is 0 Å². The van der Waals surface area contributed by atoms with Gasteiger partial charge in [-0.3, -0.25) is 0 Å². The maximum Gasteiger partial charge on any atom is 0.252 e. The van der Waals surface area contributed by atoms with Gasteiger partial charge in [0.25, 0.3) is 6.71 Å². The van der Waals surface area contributed by atoms with E-state index in [0.29, 0.717) is 0 Å². The van der Waals surface area contributed by atoms with Crippen LogP contribution in [0.4, 0.5) is 51.2 Å².